The van der Waals surface area contributed by atoms with Crippen LogP contribution in [0.2, 0.25) is 0 Å². The van der Waals surface area contributed by atoms with Crippen molar-refractivity contribution >= 4 is 34.2 Å². The average molecular weight is 228 g/mol. The second-order valence-corrected chi connectivity index (χ2v) is 5.92. The minimum absolute atomic E-state index is 0.293. The Labute approximate surface area is 61.8 Å². The Bertz CT molecular complexity index is 89.5. The SMILES string of the molecule is ClC12CC(I)(C1)C2. The molecule has 3 aliphatic rings. The molecule has 0 aromatic heterocycles. The molecule has 3 saturated carbocycles. The Kier molecular flexibility index (Phi) is 0.688. The molecule has 0 heterocycles. The van der Waals surface area contributed by atoms with Crippen LogP contribution < -0.4 is 0 Å². The predicted molar refractivity (Wildman–Crippen MR) is 39.2 cm³/mol. The van der Waals surface area contributed by atoms with E-state index in [9.17, 15) is 0 Å². The maximum atomic E-state index is 5.96. The summed E-state index contributed by atoms with van der Waals surface area (Å²) in [4.78, 5) is 0.293. The van der Waals surface area contributed by atoms with Gasteiger partial charge in [0, 0.05) is 8.30 Å². The summed E-state index contributed by atoms with van der Waals surface area (Å²) < 4.78 is 0.666. The van der Waals surface area contributed by atoms with E-state index >= 15 is 0 Å². The van der Waals surface area contributed by atoms with E-state index in [2.05, 4.69) is 22.6 Å². The summed E-state index contributed by atoms with van der Waals surface area (Å²) in [7, 11) is 0. The van der Waals surface area contributed by atoms with Gasteiger partial charge in [-0.05, 0) is 19.3 Å². The van der Waals surface area contributed by atoms with Crippen molar-refractivity contribution in [2.45, 2.75) is 27.6 Å². The fourth-order valence-electron chi connectivity index (χ4n) is 1.55. The Morgan fingerprint density at radius 3 is 1.71 bits per heavy atom. The molecule has 0 atom stereocenters. The van der Waals surface area contributed by atoms with Gasteiger partial charge in [0.1, 0.15) is 0 Å². The Balaban J connectivity index is 2.16. The lowest BCUT2D eigenvalue weighted by Gasteiger charge is -2.64. The highest BCUT2D eigenvalue weighted by atomic mass is 127. The van der Waals surface area contributed by atoms with Crippen LogP contribution >= 0.6 is 34.2 Å². The first-order chi connectivity index (χ1) is 3.12. The van der Waals surface area contributed by atoms with E-state index in [4.69, 9.17) is 11.6 Å². The molecule has 0 nitrogen and oxygen atoms in total. The molecule has 0 spiro atoms. The van der Waals surface area contributed by atoms with Gasteiger partial charge >= 0.3 is 0 Å². The van der Waals surface area contributed by atoms with Crippen molar-refractivity contribution in [3.05, 3.63) is 0 Å². The number of alkyl halides is 2. The first kappa shape index (κ1) is 4.86. The first-order valence-electron chi connectivity index (χ1n) is 2.50. The van der Waals surface area contributed by atoms with Gasteiger partial charge in [0.2, 0.25) is 0 Å². The minimum Gasteiger partial charge on any atom is -0.119 e. The molecule has 3 aliphatic carbocycles. The molecular formula is C5H6ClI. The molecule has 0 aromatic carbocycles. The van der Waals surface area contributed by atoms with Crippen molar-refractivity contribution in [2.24, 2.45) is 0 Å². The molecule has 0 aromatic rings. The Morgan fingerprint density at radius 1 is 1.29 bits per heavy atom. The molecule has 40 valence electrons. The van der Waals surface area contributed by atoms with Gasteiger partial charge in [-0.15, -0.1) is 11.6 Å². The van der Waals surface area contributed by atoms with Crippen LogP contribution in [0.1, 0.15) is 19.3 Å². The van der Waals surface area contributed by atoms with Crippen LogP contribution in [-0.4, -0.2) is 8.30 Å². The number of rotatable bonds is 0. The van der Waals surface area contributed by atoms with Crippen LogP contribution in [0.5, 0.6) is 0 Å². The van der Waals surface area contributed by atoms with E-state index in [0.717, 1.165) is 0 Å². The highest BCUT2D eigenvalue weighted by molar-refractivity contribution is 14.1. The van der Waals surface area contributed by atoms with Crippen molar-refractivity contribution in [1.29, 1.82) is 0 Å². The summed E-state index contributed by atoms with van der Waals surface area (Å²) in [5, 5.41) is 0. The van der Waals surface area contributed by atoms with Crippen molar-refractivity contribution in [2.75, 3.05) is 0 Å². The first-order valence-corrected chi connectivity index (χ1v) is 3.96. The van der Waals surface area contributed by atoms with Crippen molar-refractivity contribution in [1.82, 2.24) is 0 Å². The third-order valence-electron chi connectivity index (χ3n) is 1.90. The van der Waals surface area contributed by atoms with Crippen molar-refractivity contribution in [3.63, 3.8) is 0 Å². The third-order valence-corrected chi connectivity index (χ3v) is 3.45. The number of hydrogen-bond acceptors (Lipinski definition) is 0. The lowest BCUT2D eigenvalue weighted by Crippen LogP contribution is -2.64. The minimum atomic E-state index is 0.293. The third kappa shape index (κ3) is 0.489. The zero-order chi connectivity index (χ0) is 5.12. The maximum absolute atomic E-state index is 5.96. The van der Waals surface area contributed by atoms with Gasteiger partial charge in [-0.2, -0.15) is 0 Å². The van der Waals surface area contributed by atoms with E-state index in [1.54, 1.807) is 0 Å². The van der Waals surface area contributed by atoms with Gasteiger partial charge < -0.3 is 0 Å². The standard InChI is InChI=1S/C5H6ClI/c6-4-1-5(7,2-4)3-4/h1-3H2. The van der Waals surface area contributed by atoms with Crippen LogP contribution in [0.4, 0.5) is 0 Å². The summed E-state index contributed by atoms with van der Waals surface area (Å²) in [5.74, 6) is 0. The molecule has 3 rings (SSSR count). The zero-order valence-electron chi connectivity index (χ0n) is 3.88. The lowest BCUT2D eigenvalue weighted by atomic mass is 9.55. The zero-order valence-corrected chi connectivity index (χ0v) is 6.79. The second kappa shape index (κ2) is 0.991. The highest BCUT2D eigenvalue weighted by Gasteiger charge is 2.65. The molecule has 3 fully saturated rings. The Hall–Kier alpha value is 1.02. The molecule has 0 radical (unpaired) electrons. The highest BCUT2D eigenvalue weighted by Crippen LogP contribution is 2.69. The topological polar surface area (TPSA) is 0 Å². The molecule has 0 aliphatic heterocycles. The van der Waals surface area contributed by atoms with Gasteiger partial charge in [-0.25, -0.2) is 0 Å². The molecule has 0 saturated heterocycles. The fraction of sp³-hybridized carbons (Fsp3) is 1.00. The van der Waals surface area contributed by atoms with Crippen LogP contribution in [0.15, 0.2) is 0 Å². The molecule has 2 heteroatoms. The van der Waals surface area contributed by atoms with Crippen LogP contribution in [0, 0.1) is 0 Å². The largest absolute Gasteiger partial charge is 0.119 e. The van der Waals surface area contributed by atoms with E-state index in [1.807, 2.05) is 0 Å². The molecule has 0 amide bonds. The van der Waals surface area contributed by atoms with Gasteiger partial charge in [0.25, 0.3) is 0 Å². The van der Waals surface area contributed by atoms with Crippen LogP contribution in [0.3, 0.4) is 0 Å². The quantitative estimate of drug-likeness (QED) is 0.441. The summed E-state index contributed by atoms with van der Waals surface area (Å²) >= 11 is 8.47. The number of halogens is 2. The van der Waals surface area contributed by atoms with E-state index in [0.29, 0.717) is 8.30 Å². The molecule has 0 unspecified atom stereocenters. The fourth-order valence-corrected chi connectivity index (χ4v) is 5.18. The summed E-state index contributed by atoms with van der Waals surface area (Å²) in [5.41, 5.74) is 0. The van der Waals surface area contributed by atoms with Crippen molar-refractivity contribution in [3.8, 4) is 0 Å². The van der Waals surface area contributed by atoms with E-state index in [-0.39, 0.29) is 0 Å². The van der Waals surface area contributed by atoms with Crippen LogP contribution in [-0.2, 0) is 0 Å². The van der Waals surface area contributed by atoms with Crippen LogP contribution in [0.25, 0.3) is 0 Å². The second-order valence-electron chi connectivity index (χ2n) is 2.83. The average Bonchev–Trinajstić information content (AvgIpc) is 1.27. The van der Waals surface area contributed by atoms with E-state index < -0.39 is 0 Å². The predicted octanol–water partition coefficient (Wildman–Crippen LogP) is 2.34. The molecule has 2 bridgehead atoms. The van der Waals surface area contributed by atoms with Crippen molar-refractivity contribution < 1.29 is 0 Å². The molecule has 7 heavy (non-hydrogen) atoms. The smallest absolute Gasteiger partial charge is 0.0484 e. The summed E-state index contributed by atoms with van der Waals surface area (Å²) in [6.07, 6.45) is 3.80. The maximum Gasteiger partial charge on any atom is 0.0484 e. The monoisotopic (exact) mass is 228 g/mol. The van der Waals surface area contributed by atoms with E-state index in [1.165, 1.54) is 19.3 Å². The summed E-state index contributed by atoms with van der Waals surface area (Å²) in [6, 6.07) is 0. The number of hydrogen-bond donors (Lipinski definition) is 0. The van der Waals surface area contributed by atoms with Gasteiger partial charge in [-0.3, -0.25) is 0 Å². The Morgan fingerprint density at radius 2 is 1.71 bits per heavy atom. The normalized spacial score (nSPS) is 66.0. The lowest BCUT2D eigenvalue weighted by molar-refractivity contribution is 0.107. The molecular weight excluding hydrogens is 222 g/mol. The van der Waals surface area contributed by atoms with Gasteiger partial charge in [-0.1, -0.05) is 22.6 Å². The molecule has 0 N–H and O–H groups in total. The van der Waals surface area contributed by atoms with Gasteiger partial charge in [0.15, 0.2) is 0 Å². The summed E-state index contributed by atoms with van der Waals surface area (Å²) in [6.45, 7) is 0. The van der Waals surface area contributed by atoms with Gasteiger partial charge in [0.05, 0.1) is 0 Å².